The number of hydrogen-bond donors (Lipinski definition) is 4. The number of carbonyl (C=O) groups excluding carboxylic acids is 1. The zero-order valence-electron chi connectivity index (χ0n) is 21.1. The lowest BCUT2D eigenvalue weighted by atomic mass is 9.52. The third kappa shape index (κ3) is 4.29. The van der Waals surface area contributed by atoms with Crippen molar-refractivity contribution in [3.8, 4) is 11.5 Å². The van der Waals surface area contributed by atoms with E-state index in [1.54, 1.807) is 6.20 Å². The molecule has 37 heavy (non-hydrogen) atoms. The number of pyridine rings is 1. The number of anilines is 1. The topological polar surface area (TPSA) is 132 Å². The Kier molecular flexibility index (Phi) is 5.69. The molecule has 10 nitrogen and oxygen atoms in total. The average molecular weight is 506 g/mol. The van der Waals surface area contributed by atoms with Crippen molar-refractivity contribution in [3.05, 3.63) is 24.3 Å². The van der Waals surface area contributed by atoms with Crippen LogP contribution >= 0.6 is 0 Å². The molecule has 1 amide bonds. The number of rotatable bonds is 7. The van der Waals surface area contributed by atoms with Gasteiger partial charge in [-0.3, -0.25) is 4.79 Å². The number of aliphatic hydroxyl groups is 1. The molecule has 4 bridgehead atoms. The molecule has 8 rings (SSSR count). The van der Waals surface area contributed by atoms with Gasteiger partial charge in [0.2, 0.25) is 0 Å². The first-order valence-corrected chi connectivity index (χ1v) is 13.8. The Bertz CT molecular complexity index is 1280. The van der Waals surface area contributed by atoms with E-state index in [1.807, 2.05) is 12.3 Å². The van der Waals surface area contributed by atoms with Gasteiger partial charge in [0.1, 0.15) is 5.65 Å². The van der Waals surface area contributed by atoms with Gasteiger partial charge < -0.3 is 30.1 Å². The normalized spacial score (nSPS) is 31.2. The Balaban J connectivity index is 1.11. The lowest BCUT2D eigenvalue weighted by Crippen LogP contribution is -2.59. The Hall–Kier alpha value is -2.98. The molecule has 3 aromatic rings. The molecule has 0 aromatic carbocycles. The zero-order valence-corrected chi connectivity index (χ0v) is 21.1. The fourth-order valence-electron chi connectivity index (χ4n) is 7.72. The predicted molar refractivity (Wildman–Crippen MR) is 138 cm³/mol. The number of likely N-dealkylation sites (tertiary alicyclic amines) is 1. The van der Waals surface area contributed by atoms with Crippen molar-refractivity contribution in [1.29, 1.82) is 0 Å². The molecule has 1 aliphatic heterocycles. The molecular weight excluding hydrogens is 470 g/mol. The summed E-state index contributed by atoms with van der Waals surface area (Å²) in [7, 11) is 0. The second-order valence-electron chi connectivity index (χ2n) is 11.7. The molecule has 3 aromatic heterocycles. The maximum Gasteiger partial charge on any atom is 0.292 e. The first-order chi connectivity index (χ1) is 18.0. The van der Waals surface area contributed by atoms with Crippen LogP contribution in [0, 0.1) is 17.8 Å². The van der Waals surface area contributed by atoms with E-state index < -0.39 is 5.60 Å². The summed E-state index contributed by atoms with van der Waals surface area (Å²) in [5, 5.41) is 22.7. The lowest BCUT2D eigenvalue weighted by Gasteiger charge is -2.58. The van der Waals surface area contributed by atoms with Crippen LogP contribution in [0.4, 0.5) is 5.69 Å². The molecule has 4 N–H and O–H groups in total. The van der Waals surface area contributed by atoms with E-state index in [1.165, 1.54) is 19.3 Å². The largest absolute Gasteiger partial charge is 0.390 e. The first kappa shape index (κ1) is 23.2. The quantitative estimate of drug-likeness (QED) is 0.385. The summed E-state index contributed by atoms with van der Waals surface area (Å²) in [6.45, 7) is 3.58. The number of carbonyl (C=O) groups is 1. The van der Waals surface area contributed by atoms with Gasteiger partial charge in [-0.25, -0.2) is 4.98 Å². The predicted octanol–water partition coefficient (Wildman–Crippen LogP) is 3.18. The van der Waals surface area contributed by atoms with E-state index in [2.05, 4.69) is 35.6 Å². The van der Waals surface area contributed by atoms with E-state index in [9.17, 15) is 9.90 Å². The van der Waals surface area contributed by atoms with Crippen molar-refractivity contribution in [2.45, 2.75) is 63.0 Å². The van der Waals surface area contributed by atoms with Crippen LogP contribution < -0.4 is 10.6 Å². The minimum absolute atomic E-state index is 0.0330. The zero-order chi connectivity index (χ0) is 25.0. The average Bonchev–Trinajstić information content (AvgIpc) is 3.56. The summed E-state index contributed by atoms with van der Waals surface area (Å²) in [6, 6.07) is 2.28. The third-order valence-electron chi connectivity index (χ3n) is 9.16. The van der Waals surface area contributed by atoms with Gasteiger partial charge in [0.05, 0.1) is 16.9 Å². The molecule has 1 saturated heterocycles. The van der Waals surface area contributed by atoms with Gasteiger partial charge in [-0.05, 0) is 81.9 Å². The van der Waals surface area contributed by atoms with Gasteiger partial charge in [0, 0.05) is 36.9 Å². The summed E-state index contributed by atoms with van der Waals surface area (Å²) < 4.78 is 5.60. The van der Waals surface area contributed by atoms with Gasteiger partial charge in [0.15, 0.2) is 0 Å². The van der Waals surface area contributed by atoms with Crippen LogP contribution in [0.5, 0.6) is 0 Å². The van der Waals surface area contributed by atoms with Crippen molar-refractivity contribution in [1.82, 2.24) is 30.3 Å². The lowest BCUT2D eigenvalue weighted by molar-refractivity contribution is -0.129. The molecule has 10 heteroatoms. The number of nitrogens with one attached hydrogen (secondary N) is 3. The molecule has 2 unspecified atom stereocenters. The highest BCUT2D eigenvalue weighted by atomic mass is 16.5. The SMILES string of the molecule is O=C(NCCN1CCCCC1)c1noc(-c2cnc3[nH]ccc3c2NC2C3CC4CC2CC(O)(C4)C3)n1. The molecule has 4 aliphatic carbocycles. The van der Waals surface area contributed by atoms with Crippen LogP contribution in [0.2, 0.25) is 0 Å². The maximum atomic E-state index is 12.7. The molecular formula is C27H35N7O3. The van der Waals surface area contributed by atoms with E-state index in [4.69, 9.17) is 4.52 Å². The van der Waals surface area contributed by atoms with E-state index >= 15 is 0 Å². The molecule has 4 saturated carbocycles. The van der Waals surface area contributed by atoms with Crippen molar-refractivity contribution in [3.63, 3.8) is 0 Å². The second-order valence-corrected chi connectivity index (χ2v) is 11.7. The Morgan fingerprint density at radius 1 is 1.19 bits per heavy atom. The summed E-state index contributed by atoms with van der Waals surface area (Å²) in [5.41, 5.74) is 1.89. The number of hydrogen-bond acceptors (Lipinski definition) is 8. The molecule has 5 aliphatic rings. The van der Waals surface area contributed by atoms with Gasteiger partial charge in [0.25, 0.3) is 17.6 Å². The molecule has 0 spiro atoms. The van der Waals surface area contributed by atoms with Crippen LogP contribution in [-0.4, -0.2) is 73.8 Å². The molecule has 196 valence electrons. The van der Waals surface area contributed by atoms with Crippen LogP contribution in [0.1, 0.15) is 62.0 Å². The minimum Gasteiger partial charge on any atom is -0.390 e. The van der Waals surface area contributed by atoms with Crippen LogP contribution in [-0.2, 0) is 0 Å². The van der Waals surface area contributed by atoms with E-state index in [0.717, 1.165) is 68.5 Å². The van der Waals surface area contributed by atoms with E-state index in [-0.39, 0.29) is 23.7 Å². The van der Waals surface area contributed by atoms with Gasteiger partial charge >= 0.3 is 0 Å². The van der Waals surface area contributed by atoms with Crippen LogP contribution in [0.3, 0.4) is 0 Å². The van der Waals surface area contributed by atoms with Gasteiger partial charge in [-0.15, -0.1) is 0 Å². The number of nitrogens with zero attached hydrogens (tertiary/aromatic N) is 4. The fraction of sp³-hybridized carbons (Fsp3) is 0.630. The Labute approximate surface area is 215 Å². The summed E-state index contributed by atoms with van der Waals surface area (Å²) >= 11 is 0. The number of fused-ring (bicyclic) bond motifs is 1. The van der Waals surface area contributed by atoms with Crippen molar-refractivity contribution in [2.24, 2.45) is 17.8 Å². The third-order valence-corrected chi connectivity index (χ3v) is 9.16. The standard InChI is InChI=1S/C27H35N7O3/c35-25(29-6-9-34-7-2-1-3-8-34)24-32-26(37-33-24)20-15-30-23-19(4-5-28-23)22(20)31-21-17-10-16-11-18(21)14-27(36,12-16)13-17/h4-5,15-18,21,36H,1-3,6-14H2,(H,29,35)(H2,28,30,31). The molecule has 4 heterocycles. The number of aromatic nitrogens is 4. The van der Waals surface area contributed by atoms with Crippen molar-refractivity contribution < 1.29 is 14.4 Å². The molecule has 5 fully saturated rings. The monoisotopic (exact) mass is 505 g/mol. The minimum atomic E-state index is -0.484. The van der Waals surface area contributed by atoms with Crippen molar-refractivity contribution >= 4 is 22.6 Å². The van der Waals surface area contributed by atoms with Crippen LogP contribution in [0.15, 0.2) is 23.0 Å². The Morgan fingerprint density at radius 3 is 2.78 bits per heavy atom. The molecule has 0 radical (unpaired) electrons. The summed E-state index contributed by atoms with van der Waals surface area (Å²) in [4.78, 5) is 27.3. The number of H-pyrrole nitrogens is 1. The highest BCUT2D eigenvalue weighted by Crippen LogP contribution is 2.56. The van der Waals surface area contributed by atoms with Crippen molar-refractivity contribution in [2.75, 3.05) is 31.5 Å². The van der Waals surface area contributed by atoms with Gasteiger partial charge in [-0.2, -0.15) is 4.98 Å². The summed E-state index contributed by atoms with van der Waals surface area (Å²) in [5.74, 6) is 1.50. The fourth-order valence-corrected chi connectivity index (χ4v) is 7.72. The second kappa shape index (κ2) is 9.09. The smallest absolute Gasteiger partial charge is 0.292 e. The van der Waals surface area contributed by atoms with Gasteiger partial charge in [-0.1, -0.05) is 11.6 Å². The number of piperidine rings is 1. The number of aromatic amines is 1. The van der Waals surface area contributed by atoms with E-state index in [0.29, 0.717) is 29.9 Å². The van der Waals surface area contributed by atoms with Crippen LogP contribution in [0.25, 0.3) is 22.5 Å². The first-order valence-electron chi connectivity index (χ1n) is 13.8. The summed E-state index contributed by atoms with van der Waals surface area (Å²) in [6.07, 6.45) is 12.3. The number of amides is 1. The molecule has 2 atom stereocenters. The highest BCUT2D eigenvalue weighted by molar-refractivity contribution is 5.97. The maximum absolute atomic E-state index is 12.7. The Morgan fingerprint density at radius 2 is 2.00 bits per heavy atom. The highest BCUT2D eigenvalue weighted by Gasteiger charge is 2.54.